The van der Waals surface area contributed by atoms with Crippen molar-refractivity contribution in [3.8, 4) is 0 Å². The zero-order valence-electron chi connectivity index (χ0n) is 10.8. The lowest BCUT2D eigenvalue weighted by Crippen LogP contribution is -2.19. The van der Waals surface area contributed by atoms with Gasteiger partial charge in [0.1, 0.15) is 12.4 Å². The zero-order chi connectivity index (χ0) is 15.6. The first-order valence-electron chi connectivity index (χ1n) is 5.77. The topological polar surface area (TPSA) is 120 Å². The molecular formula is C12H10N4O5. The van der Waals surface area contributed by atoms with Gasteiger partial charge in [-0.2, -0.15) is 0 Å². The van der Waals surface area contributed by atoms with Crippen molar-refractivity contribution in [2.24, 2.45) is 0 Å². The number of hydrogen-bond donors (Lipinski definition) is 1. The Hall–Kier alpha value is -3.23. The molecule has 0 unspecified atom stereocenters. The number of nitro groups is 2. The molecule has 2 aromatic rings. The standard InChI is InChI=1S/C12H10N4O5/c1-8-2-4-9(5-3-8)13-14-6-10(15(18)19)12(17)11(7-14)16(20)21/h2-7,13H,1H3. The fourth-order valence-electron chi connectivity index (χ4n) is 1.65. The van der Waals surface area contributed by atoms with Crippen LogP contribution in [0.3, 0.4) is 0 Å². The Labute approximate surface area is 117 Å². The summed E-state index contributed by atoms with van der Waals surface area (Å²) in [6.07, 6.45) is 1.80. The molecule has 0 saturated heterocycles. The second kappa shape index (κ2) is 5.41. The van der Waals surface area contributed by atoms with E-state index in [9.17, 15) is 25.0 Å². The molecule has 0 fully saturated rings. The van der Waals surface area contributed by atoms with Crippen LogP contribution in [-0.4, -0.2) is 14.5 Å². The largest absolute Gasteiger partial charge is 0.341 e. The van der Waals surface area contributed by atoms with Gasteiger partial charge in [-0.25, -0.2) is 0 Å². The number of hydrogen-bond acceptors (Lipinski definition) is 6. The summed E-state index contributed by atoms with van der Waals surface area (Å²) in [5.41, 5.74) is 1.32. The van der Waals surface area contributed by atoms with Gasteiger partial charge in [0, 0.05) is 0 Å². The summed E-state index contributed by atoms with van der Waals surface area (Å²) in [5, 5.41) is 21.6. The highest BCUT2D eigenvalue weighted by Crippen LogP contribution is 2.14. The molecule has 2 rings (SSSR count). The van der Waals surface area contributed by atoms with Crippen LogP contribution < -0.4 is 10.9 Å². The molecule has 0 bridgehead atoms. The van der Waals surface area contributed by atoms with Crippen molar-refractivity contribution in [2.45, 2.75) is 6.92 Å². The van der Waals surface area contributed by atoms with Crippen molar-refractivity contribution < 1.29 is 9.85 Å². The molecule has 108 valence electrons. The molecule has 21 heavy (non-hydrogen) atoms. The SMILES string of the molecule is Cc1ccc(Nn2cc([N+](=O)[O-])c(=O)c([N+](=O)[O-])c2)cc1. The third-order valence-electron chi connectivity index (χ3n) is 2.69. The van der Waals surface area contributed by atoms with E-state index >= 15 is 0 Å². The molecule has 1 heterocycles. The Morgan fingerprint density at radius 2 is 1.48 bits per heavy atom. The van der Waals surface area contributed by atoms with Crippen LogP contribution in [0.1, 0.15) is 5.56 Å². The van der Waals surface area contributed by atoms with E-state index in [0.717, 1.165) is 22.6 Å². The van der Waals surface area contributed by atoms with E-state index < -0.39 is 26.7 Å². The summed E-state index contributed by atoms with van der Waals surface area (Å²) in [7, 11) is 0. The zero-order valence-corrected chi connectivity index (χ0v) is 10.8. The molecule has 0 radical (unpaired) electrons. The maximum Gasteiger partial charge on any atom is 0.341 e. The van der Waals surface area contributed by atoms with Crippen LogP contribution in [0.15, 0.2) is 41.5 Å². The highest BCUT2D eigenvalue weighted by molar-refractivity contribution is 5.46. The predicted molar refractivity (Wildman–Crippen MR) is 74.2 cm³/mol. The molecular weight excluding hydrogens is 280 g/mol. The number of nitrogens with zero attached hydrogens (tertiary/aromatic N) is 3. The maximum absolute atomic E-state index is 11.6. The minimum absolute atomic E-state index is 0.563. The van der Waals surface area contributed by atoms with E-state index in [2.05, 4.69) is 5.43 Å². The second-order valence-electron chi connectivity index (χ2n) is 4.26. The first kappa shape index (κ1) is 14.2. The van der Waals surface area contributed by atoms with E-state index in [1.165, 1.54) is 0 Å². The van der Waals surface area contributed by atoms with Gasteiger partial charge < -0.3 is 0 Å². The number of benzene rings is 1. The van der Waals surface area contributed by atoms with Crippen molar-refractivity contribution in [3.63, 3.8) is 0 Å². The highest BCUT2D eigenvalue weighted by atomic mass is 16.6. The molecule has 9 heteroatoms. The number of pyridine rings is 1. The summed E-state index contributed by atoms with van der Waals surface area (Å²) >= 11 is 0. The Bertz CT molecular complexity index is 728. The molecule has 9 nitrogen and oxygen atoms in total. The molecule has 0 amide bonds. The van der Waals surface area contributed by atoms with Gasteiger partial charge in [0.05, 0.1) is 15.5 Å². The third kappa shape index (κ3) is 3.03. The van der Waals surface area contributed by atoms with Gasteiger partial charge in [0.2, 0.25) is 0 Å². The number of nitrogens with one attached hydrogen (secondary N) is 1. The third-order valence-corrected chi connectivity index (χ3v) is 2.69. The van der Waals surface area contributed by atoms with Crippen molar-refractivity contribution >= 4 is 17.1 Å². The smallest absolute Gasteiger partial charge is 0.294 e. The Balaban J connectivity index is 2.48. The fourth-order valence-corrected chi connectivity index (χ4v) is 1.65. The van der Waals surface area contributed by atoms with Crippen molar-refractivity contribution in [2.75, 3.05) is 5.43 Å². The minimum Gasteiger partial charge on any atom is -0.294 e. The number of aryl methyl sites for hydroxylation is 1. The van der Waals surface area contributed by atoms with Crippen LogP contribution in [0.25, 0.3) is 0 Å². The predicted octanol–water partition coefficient (Wildman–Crippen LogP) is 1.85. The van der Waals surface area contributed by atoms with E-state index in [1.54, 1.807) is 24.3 Å². The molecule has 0 aliphatic heterocycles. The van der Waals surface area contributed by atoms with E-state index in [1.807, 2.05) is 6.92 Å². The molecule has 0 atom stereocenters. The average molecular weight is 290 g/mol. The van der Waals surface area contributed by atoms with Gasteiger partial charge in [-0.05, 0) is 19.1 Å². The minimum atomic E-state index is -1.23. The number of aromatic nitrogens is 1. The first-order chi connectivity index (χ1) is 9.88. The summed E-state index contributed by atoms with van der Waals surface area (Å²) < 4.78 is 1.02. The summed E-state index contributed by atoms with van der Waals surface area (Å²) in [4.78, 5) is 31.2. The van der Waals surface area contributed by atoms with Crippen LogP contribution in [0, 0.1) is 27.2 Å². The van der Waals surface area contributed by atoms with Gasteiger partial charge in [0.15, 0.2) is 0 Å². The van der Waals surface area contributed by atoms with E-state index in [0.29, 0.717) is 5.69 Å². The van der Waals surface area contributed by atoms with Crippen molar-refractivity contribution in [1.82, 2.24) is 4.68 Å². The second-order valence-corrected chi connectivity index (χ2v) is 4.26. The lowest BCUT2D eigenvalue weighted by Gasteiger charge is -2.09. The quantitative estimate of drug-likeness (QED) is 0.677. The Morgan fingerprint density at radius 3 is 1.90 bits per heavy atom. The lowest BCUT2D eigenvalue weighted by atomic mass is 10.2. The molecule has 0 spiro atoms. The summed E-state index contributed by atoms with van der Waals surface area (Å²) in [6.45, 7) is 1.89. The summed E-state index contributed by atoms with van der Waals surface area (Å²) in [5.74, 6) is 0. The normalized spacial score (nSPS) is 10.1. The van der Waals surface area contributed by atoms with Gasteiger partial charge in [-0.1, -0.05) is 17.7 Å². The molecule has 0 aliphatic rings. The van der Waals surface area contributed by atoms with Gasteiger partial charge in [-0.3, -0.25) is 35.1 Å². The fraction of sp³-hybridized carbons (Fsp3) is 0.0833. The van der Waals surface area contributed by atoms with Crippen LogP contribution in [0.4, 0.5) is 17.1 Å². The van der Waals surface area contributed by atoms with Crippen molar-refractivity contribution in [1.29, 1.82) is 0 Å². The van der Waals surface area contributed by atoms with Crippen LogP contribution in [0.2, 0.25) is 0 Å². The number of rotatable bonds is 4. The molecule has 0 aliphatic carbocycles. The molecule has 1 aromatic carbocycles. The van der Waals surface area contributed by atoms with Gasteiger partial charge in [-0.15, -0.1) is 0 Å². The monoisotopic (exact) mass is 290 g/mol. The summed E-state index contributed by atoms with van der Waals surface area (Å²) in [6, 6.07) is 7.00. The molecule has 0 saturated carbocycles. The molecule has 1 aromatic heterocycles. The number of anilines is 1. The van der Waals surface area contributed by atoms with Crippen molar-refractivity contribution in [3.05, 3.63) is 72.7 Å². The van der Waals surface area contributed by atoms with Gasteiger partial charge >= 0.3 is 16.8 Å². The molecule has 1 N–H and O–H groups in total. The van der Waals surface area contributed by atoms with E-state index in [4.69, 9.17) is 0 Å². The van der Waals surface area contributed by atoms with Crippen LogP contribution in [0.5, 0.6) is 0 Å². The lowest BCUT2D eigenvalue weighted by molar-refractivity contribution is -0.397. The van der Waals surface area contributed by atoms with E-state index in [-0.39, 0.29) is 0 Å². The first-order valence-corrected chi connectivity index (χ1v) is 5.77. The maximum atomic E-state index is 11.6. The Kier molecular flexibility index (Phi) is 3.65. The highest BCUT2D eigenvalue weighted by Gasteiger charge is 2.24. The average Bonchev–Trinajstić information content (AvgIpc) is 2.42. The van der Waals surface area contributed by atoms with Crippen LogP contribution in [-0.2, 0) is 0 Å². The Morgan fingerprint density at radius 1 is 1.00 bits per heavy atom. The van der Waals surface area contributed by atoms with Crippen LogP contribution >= 0.6 is 0 Å². The van der Waals surface area contributed by atoms with Gasteiger partial charge in [0.25, 0.3) is 0 Å².